The quantitative estimate of drug-likeness (QED) is 0.425. The molecule has 0 spiro atoms. The lowest BCUT2D eigenvalue weighted by molar-refractivity contribution is 0.100. The van der Waals surface area contributed by atoms with E-state index in [9.17, 15) is 4.79 Å². The van der Waals surface area contributed by atoms with Crippen molar-refractivity contribution in [2.75, 3.05) is 13.1 Å². The summed E-state index contributed by atoms with van der Waals surface area (Å²) in [5.74, 6) is 2.83. The number of nitrogens with zero attached hydrogens (tertiary/aromatic N) is 7. The molecule has 3 atom stereocenters. The van der Waals surface area contributed by atoms with Gasteiger partial charge in [0.2, 0.25) is 5.91 Å². The van der Waals surface area contributed by atoms with Crippen LogP contribution in [-0.4, -0.2) is 64.7 Å². The normalized spacial score (nSPS) is 21.8. The molecule has 3 aromatic heterocycles. The Bertz CT molecular complexity index is 1420. The van der Waals surface area contributed by atoms with Crippen LogP contribution in [0.2, 0.25) is 0 Å². The predicted molar refractivity (Wildman–Crippen MR) is 132 cm³/mol. The van der Waals surface area contributed by atoms with Crippen LogP contribution < -0.4 is 5.73 Å². The first-order chi connectivity index (χ1) is 16.8. The second-order valence-corrected chi connectivity index (χ2v) is 10.2. The fraction of sp³-hybridized carbons (Fsp3) is 0.480. The number of hydrogen-bond donors (Lipinski definition) is 2. The van der Waals surface area contributed by atoms with Crippen molar-refractivity contribution in [2.45, 2.75) is 46.8 Å². The summed E-state index contributed by atoms with van der Waals surface area (Å²) >= 11 is 0. The number of aryl methyl sites for hydroxylation is 2. The molecule has 1 saturated heterocycles. The minimum Gasteiger partial charge on any atom is -0.366 e. The largest absolute Gasteiger partial charge is 0.366 e. The zero-order valence-corrected chi connectivity index (χ0v) is 20.6. The first kappa shape index (κ1) is 22.0. The van der Waals surface area contributed by atoms with Gasteiger partial charge in [0.15, 0.2) is 11.6 Å². The molecule has 35 heavy (non-hydrogen) atoms. The molecule has 4 aromatic rings. The van der Waals surface area contributed by atoms with Crippen molar-refractivity contribution < 1.29 is 4.79 Å². The molecule has 1 amide bonds. The Morgan fingerprint density at radius 2 is 1.89 bits per heavy atom. The van der Waals surface area contributed by atoms with Crippen LogP contribution in [0.3, 0.4) is 0 Å². The zero-order chi connectivity index (χ0) is 24.4. The van der Waals surface area contributed by atoms with Gasteiger partial charge in [0, 0.05) is 48.7 Å². The van der Waals surface area contributed by atoms with Gasteiger partial charge in [-0.05, 0) is 63.6 Å². The standard InChI is InChI=1S/C25H31N9O/c1-5-33-22(6-14(4)31-33)25-28-24(29-30-25)16-7-15(23(26)35)8-21-17(16)9-27-34(21)12-20-18-10-32(13(2)3)11-19(18)20/h6-9,13,18-20H,5,10-12H2,1-4H3,(H2,26,35)(H,28,29,30)/t18-,19+,20?. The molecule has 1 aromatic carbocycles. The average molecular weight is 474 g/mol. The van der Waals surface area contributed by atoms with E-state index in [-0.39, 0.29) is 0 Å². The van der Waals surface area contributed by atoms with E-state index in [0.717, 1.165) is 52.8 Å². The lowest BCUT2D eigenvalue weighted by Gasteiger charge is -2.23. The fourth-order valence-electron chi connectivity index (χ4n) is 5.71. The maximum Gasteiger partial charge on any atom is 0.248 e. The van der Waals surface area contributed by atoms with Gasteiger partial charge >= 0.3 is 0 Å². The summed E-state index contributed by atoms with van der Waals surface area (Å²) in [4.78, 5) is 18.1. The number of primary amides is 1. The van der Waals surface area contributed by atoms with E-state index in [2.05, 4.69) is 39.0 Å². The van der Waals surface area contributed by atoms with Crippen LogP contribution in [0, 0.1) is 24.7 Å². The first-order valence-corrected chi connectivity index (χ1v) is 12.3. The van der Waals surface area contributed by atoms with E-state index in [1.54, 1.807) is 6.07 Å². The van der Waals surface area contributed by atoms with Crippen molar-refractivity contribution in [1.29, 1.82) is 0 Å². The Hall–Kier alpha value is -3.53. The van der Waals surface area contributed by atoms with E-state index in [1.807, 2.05) is 41.5 Å². The highest BCUT2D eigenvalue weighted by atomic mass is 16.1. The monoisotopic (exact) mass is 473 g/mol. The second-order valence-electron chi connectivity index (χ2n) is 10.2. The van der Waals surface area contributed by atoms with Gasteiger partial charge in [0.25, 0.3) is 0 Å². The topological polar surface area (TPSA) is 124 Å². The highest BCUT2D eigenvalue weighted by molar-refractivity contribution is 6.02. The van der Waals surface area contributed by atoms with Crippen molar-refractivity contribution in [3.05, 3.63) is 35.7 Å². The summed E-state index contributed by atoms with van der Waals surface area (Å²) in [6, 6.07) is 6.20. The summed E-state index contributed by atoms with van der Waals surface area (Å²) in [5, 5.41) is 18.9. The van der Waals surface area contributed by atoms with Gasteiger partial charge < -0.3 is 15.6 Å². The molecule has 2 fully saturated rings. The summed E-state index contributed by atoms with van der Waals surface area (Å²) in [7, 11) is 0. The SMILES string of the molecule is CCn1nc(C)cc1-c1nnc(-c2cc(C(N)=O)cc3c2cnn3CC2[C@H]3CN(C(C)C)C[C@@H]23)[nH]1. The van der Waals surface area contributed by atoms with Crippen LogP contribution in [0.25, 0.3) is 33.8 Å². The number of carbonyl (C=O) groups excluding carboxylic acids is 1. The predicted octanol–water partition coefficient (Wildman–Crippen LogP) is 2.70. The van der Waals surface area contributed by atoms with E-state index in [4.69, 9.17) is 10.8 Å². The number of amides is 1. The Balaban J connectivity index is 1.34. The summed E-state index contributed by atoms with van der Waals surface area (Å²) in [6.07, 6.45) is 1.86. The molecule has 10 nitrogen and oxygen atoms in total. The minimum atomic E-state index is -0.476. The van der Waals surface area contributed by atoms with Crippen molar-refractivity contribution in [3.8, 4) is 22.9 Å². The number of aromatic nitrogens is 7. The lowest BCUT2D eigenvalue weighted by atomic mass is 10.0. The van der Waals surface area contributed by atoms with Crippen LogP contribution in [0.1, 0.15) is 36.8 Å². The highest BCUT2D eigenvalue weighted by Gasteiger charge is 2.55. The number of hydrogen-bond acceptors (Lipinski definition) is 6. The van der Waals surface area contributed by atoms with Crippen LogP contribution >= 0.6 is 0 Å². The summed E-state index contributed by atoms with van der Waals surface area (Å²) < 4.78 is 3.92. The van der Waals surface area contributed by atoms with Crippen molar-refractivity contribution in [1.82, 2.24) is 39.6 Å². The average Bonchev–Trinajstić information content (AvgIpc) is 3.41. The molecule has 3 N–H and O–H groups in total. The van der Waals surface area contributed by atoms with Gasteiger partial charge in [0.05, 0.1) is 17.4 Å². The number of rotatable bonds is 7. The van der Waals surface area contributed by atoms with Crippen LogP contribution in [0.5, 0.6) is 0 Å². The Labute approximate surface area is 203 Å². The number of piperidine rings is 1. The van der Waals surface area contributed by atoms with Crippen LogP contribution in [-0.2, 0) is 13.1 Å². The third-order valence-corrected chi connectivity index (χ3v) is 7.75. The minimum absolute atomic E-state index is 0.434. The number of H-pyrrole nitrogens is 1. The van der Waals surface area contributed by atoms with E-state index < -0.39 is 5.91 Å². The van der Waals surface area contributed by atoms with Gasteiger partial charge in [-0.15, -0.1) is 10.2 Å². The van der Waals surface area contributed by atoms with Gasteiger partial charge in [-0.1, -0.05) is 0 Å². The van der Waals surface area contributed by atoms with Crippen molar-refractivity contribution in [2.24, 2.45) is 23.5 Å². The zero-order valence-electron chi connectivity index (χ0n) is 20.6. The molecular formula is C25H31N9O. The van der Waals surface area contributed by atoms with E-state index >= 15 is 0 Å². The lowest BCUT2D eigenvalue weighted by Crippen LogP contribution is -2.31. The molecular weight excluding hydrogens is 442 g/mol. The van der Waals surface area contributed by atoms with Crippen molar-refractivity contribution in [3.63, 3.8) is 0 Å². The number of fused-ring (bicyclic) bond motifs is 2. The maximum atomic E-state index is 12.2. The summed E-state index contributed by atoms with van der Waals surface area (Å²) in [6.45, 7) is 12.4. The number of nitrogens with two attached hydrogens (primary N) is 1. The van der Waals surface area contributed by atoms with Gasteiger partial charge in [-0.3, -0.25) is 14.2 Å². The number of likely N-dealkylation sites (tertiary alicyclic amines) is 1. The fourth-order valence-corrected chi connectivity index (χ4v) is 5.71. The number of nitrogens with one attached hydrogen (secondary N) is 1. The molecule has 1 aliphatic heterocycles. The molecule has 4 heterocycles. The molecule has 0 bridgehead atoms. The molecule has 2 aliphatic rings. The molecule has 1 saturated carbocycles. The molecule has 10 heteroatoms. The number of carbonyl (C=O) groups is 1. The van der Waals surface area contributed by atoms with Crippen LogP contribution in [0.4, 0.5) is 0 Å². The Morgan fingerprint density at radius 3 is 2.57 bits per heavy atom. The smallest absolute Gasteiger partial charge is 0.248 e. The number of benzene rings is 1. The Morgan fingerprint density at radius 1 is 1.14 bits per heavy atom. The molecule has 0 radical (unpaired) electrons. The maximum absolute atomic E-state index is 12.2. The molecule has 182 valence electrons. The molecule has 6 rings (SSSR count). The van der Waals surface area contributed by atoms with Gasteiger partial charge in [0.1, 0.15) is 5.69 Å². The molecule has 1 unspecified atom stereocenters. The Kier molecular flexibility index (Phi) is 5.03. The molecule has 1 aliphatic carbocycles. The third-order valence-electron chi connectivity index (χ3n) is 7.75. The van der Waals surface area contributed by atoms with E-state index in [1.165, 1.54) is 13.1 Å². The van der Waals surface area contributed by atoms with Gasteiger partial charge in [-0.25, -0.2) is 0 Å². The highest BCUT2D eigenvalue weighted by Crippen LogP contribution is 2.53. The summed E-state index contributed by atoms with van der Waals surface area (Å²) in [5.41, 5.74) is 9.60. The third kappa shape index (κ3) is 3.63. The number of aromatic amines is 1. The second kappa shape index (κ2) is 8.01. The van der Waals surface area contributed by atoms with E-state index in [0.29, 0.717) is 29.2 Å². The van der Waals surface area contributed by atoms with Gasteiger partial charge in [-0.2, -0.15) is 10.2 Å². The van der Waals surface area contributed by atoms with Crippen molar-refractivity contribution >= 4 is 16.8 Å². The van der Waals surface area contributed by atoms with Crippen LogP contribution in [0.15, 0.2) is 24.4 Å². The first-order valence-electron chi connectivity index (χ1n) is 12.3.